The molecular weight excluding hydrogens is 631 g/mol. The van der Waals surface area contributed by atoms with Crippen LogP contribution >= 0.6 is 0 Å². The number of para-hydroxylation sites is 1. The predicted molar refractivity (Wildman–Crippen MR) is 220 cm³/mol. The molecule has 0 atom stereocenters. The highest BCUT2D eigenvalue weighted by Crippen LogP contribution is 2.42. The van der Waals surface area contributed by atoms with Gasteiger partial charge in [0.2, 0.25) is 0 Å². The van der Waals surface area contributed by atoms with Crippen molar-refractivity contribution in [2.45, 2.75) is 0 Å². The minimum Gasteiger partial charge on any atom is -0.456 e. The fraction of sp³-hybridized carbons (Fsp3) is 0. The summed E-state index contributed by atoms with van der Waals surface area (Å²) in [5, 5.41) is 7.20. The lowest BCUT2D eigenvalue weighted by atomic mass is 9.97. The Morgan fingerprint density at radius 3 is 1.65 bits per heavy atom. The Morgan fingerprint density at radius 1 is 0.308 bits per heavy atom. The molecule has 1 heterocycles. The molecule has 2 nitrogen and oxygen atoms in total. The SMILES string of the molecule is c1ccc(-c2ccccc2N(c2ccc(-c3ccc4c(c3)oc3cc5ccccc5cc34)cc2)c2ccc(-c3cccc4ccccc34)cc2)cc1. The van der Waals surface area contributed by atoms with Crippen LogP contribution in [0.15, 0.2) is 205 Å². The zero-order chi connectivity index (χ0) is 34.4. The molecule has 10 aromatic rings. The van der Waals surface area contributed by atoms with Gasteiger partial charge in [0.05, 0.1) is 5.69 Å². The Balaban J connectivity index is 1.06. The maximum absolute atomic E-state index is 6.41. The second kappa shape index (κ2) is 12.5. The molecule has 52 heavy (non-hydrogen) atoms. The molecule has 0 saturated heterocycles. The molecule has 1 aromatic heterocycles. The van der Waals surface area contributed by atoms with Crippen LogP contribution in [0, 0.1) is 0 Å². The molecule has 0 amide bonds. The van der Waals surface area contributed by atoms with Crippen LogP contribution in [0.25, 0.3) is 76.9 Å². The second-order valence-corrected chi connectivity index (χ2v) is 13.3. The van der Waals surface area contributed by atoms with Gasteiger partial charge in [-0.05, 0) is 104 Å². The van der Waals surface area contributed by atoms with E-state index in [1.54, 1.807) is 0 Å². The number of anilines is 3. The smallest absolute Gasteiger partial charge is 0.136 e. The van der Waals surface area contributed by atoms with E-state index in [2.05, 4.69) is 205 Å². The van der Waals surface area contributed by atoms with Crippen molar-refractivity contribution in [3.8, 4) is 33.4 Å². The molecule has 0 aliphatic carbocycles. The summed E-state index contributed by atoms with van der Waals surface area (Å²) in [7, 11) is 0. The van der Waals surface area contributed by atoms with Crippen LogP contribution in [0.3, 0.4) is 0 Å². The van der Waals surface area contributed by atoms with Crippen molar-refractivity contribution in [2.24, 2.45) is 0 Å². The summed E-state index contributed by atoms with van der Waals surface area (Å²) in [5.41, 5.74) is 12.2. The summed E-state index contributed by atoms with van der Waals surface area (Å²) in [4.78, 5) is 2.37. The number of furan rings is 1. The lowest BCUT2D eigenvalue weighted by Crippen LogP contribution is -2.11. The average Bonchev–Trinajstić information content (AvgIpc) is 3.57. The molecule has 0 N–H and O–H groups in total. The van der Waals surface area contributed by atoms with Crippen LogP contribution in [0.2, 0.25) is 0 Å². The summed E-state index contributed by atoms with van der Waals surface area (Å²) < 4.78 is 6.41. The maximum Gasteiger partial charge on any atom is 0.136 e. The van der Waals surface area contributed by atoms with Gasteiger partial charge in [0.25, 0.3) is 0 Å². The van der Waals surface area contributed by atoms with Crippen molar-refractivity contribution in [1.29, 1.82) is 0 Å². The average molecular weight is 664 g/mol. The third kappa shape index (κ3) is 5.21. The first-order valence-electron chi connectivity index (χ1n) is 17.8. The van der Waals surface area contributed by atoms with Crippen LogP contribution < -0.4 is 4.90 Å². The van der Waals surface area contributed by atoms with Gasteiger partial charge in [-0.3, -0.25) is 0 Å². The normalized spacial score (nSPS) is 11.5. The van der Waals surface area contributed by atoms with E-state index in [9.17, 15) is 0 Å². The molecule has 10 rings (SSSR count). The van der Waals surface area contributed by atoms with Crippen LogP contribution in [0.5, 0.6) is 0 Å². The molecule has 244 valence electrons. The van der Waals surface area contributed by atoms with Crippen LogP contribution in [0.1, 0.15) is 0 Å². The van der Waals surface area contributed by atoms with Crippen molar-refractivity contribution in [1.82, 2.24) is 0 Å². The van der Waals surface area contributed by atoms with Gasteiger partial charge in [0, 0.05) is 27.7 Å². The van der Waals surface area contributed by atoms with E-state index in [1.165, 1.54) is 43.8 Å². The van der Waals surface area contributed by atoms with Crippen molar-refractivity contribution in [2.75, 3.05) is 4.90 Å². The summed E-state index contributed by atoms with van der Waals surface area (Å²) in [5.74, 6) is 0. The molecule has 0 aliphatic rings. The van der Waals surface area contributed by atoms with Gasteiger partial charge in [-0.2, -0.15) is 0 Å². The number of hydrogen-bond donors (Lipinski definition) is 0. The van der Waals surface area contributed by atoms with E-state index >= 15 is 0 Å². The standard InChI is InChI=1S/C50H33NO/c1-2-11-36(12-3-1)45-18-8-9-20-48(45)51(42-28-23-37(24-29-42)44-19-10-16-35-13-6-7-17-43(35)44)41-26-21-34(22-27-41)40-25-30-46-47-31-38-14-4-5-15-39(38)32-50(47)52-49(46)33-40/h1-33H. The van der Waals surface area contributed by atoms with Gasteiger partial charge in [-0.25, -0.2) is 0 Å². The Bertz CT molecular complexity index is 2880. The zero-order valence-corrected chi connectivity index (χ0v) is 28.4. The highest BCUT2D eigenvalue weighted by molar-refractivity contribution is 6.10. The molecule has 0 bridgehead atoms. The monoisotopic (exact) mass is 663 g/mol. The van der Waals surface area contributed by atoms with Gasteiger partial charge in [-0.1, -0.05) is 146 Å². The Morgan fingerprint density at radius 2 is 0.865 bits per heavy atom. The first-order valence-corrected chi connectivity index (χ1v) is 17.8. The summed E-state index contributed by atoms with van der Waals surface area (Å²) in [6, 6.07) is 71.7. The number of nitrogens with zero attached hydrogens (tertiary/aromatic N) is 1. The number of benzene rings is 9. The number of rotatable bonds is 6. The van der Waals surface area contributed by atoms with Crippen LogP contribution in [0.4, 0.5) is 17.1 Å². The molecule has 0 unspecified atom stereocenters. The lowest BCUT2D eigenvalue weighted by molar-refractivity contribution is 0.669. The van der Waals surface area contributed by atoms with E-state index in [4.69, 9.17) is 4.42 Å². The fourth-order valence-electron chi connectivity index (χ4n) is 7.67. The molecule has 0 saturated carbocycles. The predicted octanol–water partition coefficient (Wildman–Crippen LogP) is 14.4. The number of hydrogen-bond acceptors (Lipinski definition) is 2. The Hall–Kier alpha value is -6.90. The first kappa shape index (κ1) is 30.0. The van der Waals surface area contributed by atoms with E-state index in [0.717, 1.165) is 50.1 Å². The maximum atomic E-state index is 6.41. The minimum atomic E-state index is 0.900. The molecule has 9 aromatic carbocycles. The highest BCUT2D eigenvalue weighted by Gasteiger charge is 2.18. The van der Waals surface area contributed by atoms with E-state index in [-0.39, 0.29) is 0 Å². The van der Waals surface area contributed by atoms with E-state index < -0.39 is 0 Å². The molecule has 0 aliphatic heterocycles. The van der Waals surface area contributed by atoms with Gasteiger partial charge >= 0.3 is 0 Å². The second-order valence-electron chi connectivity index (χ2n) is 13.3. The lowest BCUT2D eigenvalue weighted by Gasteiger charge is -2.28. The highest BCUT2D eigenvalue weighted by atomic mass is 16.3. The molecular formula is C50H33NO. The van der Waals surface area contributed by atoms with Crippen LogP contribution in [-0.4, -0.2) is 0 Å². The van der Waals surface area contributed by atoms with E-state index in [1.807, 2.05) is 0 Å². The van der Waals surface area contributed by atoms with Gasteiger partial charge in [0.15, 0.2) is 0 Å². The summed E-state index contributed by atoms with van der Waals surface area (Å²) in [6.45, 7) is 0. The van der Waals surface area contributed by atoms with E-state index in [0.29, 0.717) is 0 Å². The number of fused-ring (bicyclic) bond motifs is 5. The summed E-state index contributed by atoms with van der Waals surface area (Å²) >= 11 is 0. The topological polar surface area (TPSA) is 16.4 Å². The molecule has 0 radical (unpaired) electrons. The van der Waals surface area contributed by atoms with Gasteiger partial charge < -0.3 is 9.32 Å². The van der Waals surface area contributed by atoms with Gasteiger partial charge in [0.1, 0.15) is 11.2 Å². The van der Waals surface area contributed by atoms with Gasteiger partial charge in [-0.15, -0.1) is 0 Å². The summed E-state index contributed by atoms with van der Waals surface area (Å²) in [6.07, 6.45) is 0. The molecule has 2 heteroatoms. The molecule has 0 fully saturated rings. The Kier molecular flexibility index (Phi) is 7.18. The largest absolute Gasteiger partial charge is 0.456 e. The van der Waals surface area contributed by atoms with Crippen molar-refractivity contribution in [3.05, 3.63) is 200 Å². The molecule has 0 spiro atoms. The van der Waals surface area contributed by atoms with Crippen LogP contribution in [-0.2, 0) is 0 Å². The minimum absolute atomic E-state index is 0.900. The third-order valence-corrected chi connectivity index (χ3v) is 10.3. The Labute approximate surface area is 302 Å². The van der Waals surface area contributed by atoms with Crippen molar-refractivity contribution in [3.63, 3.8) is 0 Å². The third-order valence-electron chi connectivity index (χ3n) is 10.3. The first-order chi connectivity index (χ1) is 25.8. The quantitative estimate of drug-likeness (QED) is 0.176. The van der Waals surface area contributed by atoms with Crippen molar-refractivity contribution < 1.29 is 4.42 Å². The zero-order valence-electron chi connectivity index (χ0n) is 28.4. The van der Waals surface area contributed by atoms with Crippen molar-refractivity contribution >= 4 is 60.5 Å². The fourth-order valence-corrected chi connectivity index (χ4v) is 7.67.